The van der Waals surface area contributed by atoms with E-state index < -0.39 is 5.91 Å². The Balaban J connectivity index is 2.14. The van der Waals surface area contributed by atoms with Crippen LogP contribution in [0.5, 0.6) is 11.5 Å². The van der Waals surface area contributed by atoms with Crippen molar-refractivity contribution in [3.63, 3.8) is 0 Å². The second-order valence-electron chi connectivity index (χ2n) is 5.40. The number of hydroxylamine groups is 1. The van der Waals surface area contributed by atoms with Gasteiger partial charge in [-0.1, -0.05) is 24.8 Å². The number of aliphatic imine (C=N–C) groups is 1. The van der Waals surface area contributed by atoms with Gasteiger partial charge in [0.05, 0.1) is 7.11 Å². The highest BCUT2D eigenvalue weighted by atomic mass is 16.5. The predicted molar refractivity (Wildman–Crippen MR) is 101 cm³/mol. The number of hydrogen-bond acceptors (Lipinski definition) is 6. The third kappa shape index (κ3) is 5.38. The SMILES string of the molecule is C=C(N=Cc1ccc(O)c(OC)c1)C(=O)c1cccc(C=CC(=O)NO)c1. The molecule has 0 heterocycles. The van der Waals surface area contributed by atoms with Gasteiger partial charge in [0.25, 0.3) is 5.91 Å². The lowest BCUT2D eigenvalue weighted by Gasteiger charge is -2.04. The number of methoxy groups -OCH3 is 1. The standard InChI is InChI=1S/C20H18N2O5/c1-13(21-12-15-6-8-17(23)18(11-15)27-2)20(25)16-5-3-4-14(10-16)7-9-19(24)22-26/h3-12,23,26H,1H2,2H3,(H,22,24). The average Bonchev–Trinajstić information content (AvgIpc) is 2.70. The van der Waals surface area contributed by atoms with E-state index in [1.807, 2.05) is 0 Å². The van der Waals surface area contributed by atoms with Gasteiger partial charge in [0, 0.05) is 17.9 Å². The van der Waals surface area contributed by atoms with Crippen molar-refractivity contribution in [2.75, 3.05) is 7.11 Å². The van der Waals surface area contributed by atoms with Crippen LogP contribution in [0.15, 0.2) is 65.8 Å². The van der Waals surface area contributed by atoms with Gasteiger partial charge in [-0.25, -0.2) is 5.48 Å². The summed E-state index contributed by atoms with van der Waals surface area (Å²) in [6, 6.07) is 11.2. The third-order valence-corrected chi connectivity index (χ3v) is 3.52. The highest BCUT2D eigenvalue weighted by molar-refractivity contribution is 6.09. The van der Waals surface area contributed by atoms with Crippen LogP contribution in [0.2, 0.25) is 0 Å². The van der Waals surface area contributed by atoms with Crippen molar-refractivity contribution in [1.82, 2.24) is 5.48 Å². The fraction of sp³-hybridized carbons (Fsp3) is 0.0500. The average molecular weight is 366 g/mol. The minimum Gasteiger partial charge on any atom is -0.504 e. The molecule has 1 amide bonds. The van der Waals surface area contributed by atoms with Crippen LogP contribution >= 0.6 is 0 Å². The summed E-state index contributed by atoms with van der Waals surface area (Å²) < 4.78 is 5.02. The van der Waals surface area contributed by atoms with E-state index in [2.05, 4.69) is 11.6 Å². The summed E-state index contributed by atoms with van der Waals surface area (Å²) in [6.45, 7) is 3.68. The maximum absolute atomic E-state index is 12.5. The topological polar surface area (TPSA) is 108 Å². The van der Waals surface area contributed by atoms with E-state index in [4.69, 9.17) is 9.94 Å². The van der Waals surface area contributed by atoms with E-state index in [0.29, 0.717) is 22.4 Å². The van der Waals surface area contributed by atoms with Gasteiger partial charge in [0.2, 0.25) is 5.78 Å². The normalized spacial score (nSPS) is 10.9. The van der Waals surface area contributed by atoms with Crippen molar-refractivity contribution in [1.29, 1.82) is 0 Å². The molecular formula is C20H18N2O5. The molecule has 2 aromatic rings. The number of nitrogens with one attached hydrogen (secondary N) is 1. The van der Waals surface area contributed by atoms with Crippen LogP contribution in [0.25, 0.3) is 6.08 Å². The first-order valence-electron chi connectivity index (χ1n) is 7.81. The first-order chi connectivity index (χ1) is 12.9. The molecular weight excluding hydrogens is 348 g/mol. The van der Waals surface area contributed by atoms with Crippen LogP contribution in [-0.2, 0) is 4.79 Å². The molecule has 2 aromatic carbocycles. The number of rotatable bonds is 7. The highest BCUT2D eigenvalue weighted by Crippen LogP contribution is 2.25. The number of phenols is 1. The van der Waals surface area contributed by atoms with Gasteiger partial charge in [-0.05, 0) is 41.5 Å². The summed E-state index contributed by atoms with van der Waals surface area (Å²) in [4.78, 5) is 27.6. The number of Topliss-reactive ketones (excluding diaryl/α,β-unsaturated/α-hetero) is 1. The number of ketones is 1. The van der Waals surface area contributed by atoms with Gasteiger partial charge < -0.3 is 9.84 Å². The monoisotopic (exact) mass is 366 g/mol. The number of ether oxygens (including phenoxy) is 1. The molecule has 0 fully saturated rings. The Hall–Kier alpha value is -3.71. The molecule has 0 aliphatic heterocycles. The zero-order valence-corrected chi connectivity index (χ0v) is 14.5. The zero-order chi connectivity index (χ0) is 19.8. The van der Waals surface area contributed by atoms with Gasteiger partial charge in [-0.15, -0.1) is 0 Å². The number of hydrogen-bond donors (Lipinski definition) is 3. The molecule has 0 saturated carbocycles. The number of carbonyl (C=O) groups is 2. The van der Waals surface area contributed by atoms with Crippen LogP contribution in [0, 0.1) is 0 Å². The number of carbonyl (C=O) groups excluding carboxylic acids is 2. The van der Waals surface area contributed by atoms with Crippen LogP contribution < -0.4 is 10.2 Å². The minimum absolute atomic E-state index is 0.00398. The van der Waals surface area contributed by atoms with E-state index in [9.17, 15) is 14.7 Å². The summed E-state index contributed by atoms with van der Waals surface area (Å²) in [5.41, 5.74) is 3.09. The molecule has 27 heavy (non-hydrogen) atoms. The van der Waals surface area contributed by atoms with Gasteiger partial charge in [0.15, 0.2) is 11.5 Å². The number of aromatic hydroxyl groups is 1. The molecule has 0 bridgehead atoms. The maximum Gasteiger partial charge on any atom is 0.267 e. The summed E-state index contributed by atoms with van der Waals surface area (Å²) in [5.74, 6) is -0.754. The van der Waals surface area contributed by atoms with E-state index in [0.717, 1.165) is 6.08 Å². The van der Waals surface area contributed by atoms with Crippen LogP contribution in [-0.4, -0.2) is 35.3 Å². The van der Waals surface area contributed by atoms with Crippen LogP contribution in [0.1, 0.15) is 21.5 Å². The molecule has 0 radical (unpaired) electrons. The van der Waals surface area contributed by atoms with Gasteiger partial charge in [-0.2, -0.15) is 0 Å². The third-order valence-electron chi connectivity index (χ3n) is 3.52. The molecule has 0 aliphatic rings. The summed E-state index contributed by atoms with van der Waals surface area (Å²) in [5, 5.41) is 18.1. The number of nitrogens with zero attached hydrogens (tertiary/aromatic N) is 1. The van der Waals surface area contributed by atoms with Crippen molar-refractivity contribution in [2.45, 2.75) is 0 Å². The highest BCUT2D eigenvalue weighted by Gasteiger charge is 2.09. The Kier molecular flexibility index (Phi) is 6.62. The van der Waals surface area contributed by atoms with Crippen molar-refractivity contribution in [3.05, 3.63) is 77.5 Å². The van der Waals surface area contributed by atoms with Crippen molar-refractivity contribution < 1.29 is 24.6 Å². The molecule has 0 aliphatic carbocycles. The number of phenolic OH excluding ortho intramolecular Hbond substituents is 1. The predicted octanol–water partition coefficient (Wildman–Crippen LogP) is 2.73. The number of benzene rings is 2. The Bertz CT molecular complexity index is 932. The van der Waals surface area contributed by atoms with Crippen molar-refractivity contribution in [3.8, 4) is 11.5 Å². The molecule has 3 N–H and O–H groups in total. The molecule has 7 nitrogen and oxygen atoms in total. The van der Waals surface area contributed by atoms with Crippen LogP contribution in [0.4, 0.5) is 0 Å². The second kappa shape index (κ2) is 9.12. The molecule has 0 aromatic heterocycles. The Morgan fingerprint density at radius 3 is 2.67 bits per heavy atom. The lowest BCUT2D eigenvalue weighted by atomic mass is 10.1. The van der Waals surface area contributed by atoms with E-state index >= 15 is 0 Å². The molecule has 2 rings (SSSR count). The minimum atomic E-state index is -0.676. The zero-order valence-electron chi connectivity index (χ0n) is 14.5. The van der Waals surface area contributed by atoms with Gasteiger partial charge >= 0.3 is 0 Å². The molecule has 0 saturated heterocycles. The summed E-state index contributed by atoms with van der Waals surface area (Å²) in [6.07, 6.45) is 4.03. The lowest BCUT2D eigenvalue weighted by Crippen LogP contribution is -2.14. The first-order valence-corrected chi connectivity index (χ1v) is 7.81. The van der Waals surface area contributed by atoms with E-state index in [-0.39, 0.29) is 17.2 Å². The van der Waals surface area contributed by atoms with Crippen molar-refractivity contribution >= 4 is 24.0 Å². The number of allylic oxidation sites excluding steroid dienone is 1. The largest absolute Gasteiger partial charge is 0.504 e. The van der Waals surface area contributed by atoms with Crippen molar-refractivity contribution in [2.24, 2.45) is 4.99 Å². The van der Waals surface area contributed by atoms with Gasteiger partial charge in [0.1, 0.15) is 5.70 Å². The quantitative estimate of drug-likeness (QED) is 0.230. The smallest absolute Gasteiger partial charge is 0.267 e. The molecule has 0 spiro atoms. The molecule has 0 atom stereocenters. The van der Waals surface area contributed by atoms with E-state index in [1.54, 1.807) is 36.4 Å². The summed E-state index contributed by atoms with van der Waals surface area (Å²) in [7, 11) is 1.43. The maximum atomic E-state index is 12.5. The summed E-state index contributed by atoms with van der Waals surface area (Å²) >= 11 is 0. The molecule has 0 unspecified atom stereocenters. The lowest BCUT2D eigenvalue weighted by molar-refractivity contribution is -0.124. The Morgan fingerprint density at radius 1 is 1.19 bits per heavy atom. The second-order valence-corrected chi connectivity index (χ2v) is 5.40. The number of amides is 1. The van der Waals surface area contributed by atoms with E-state index in [1.165, 1.54) is 30.9 Å². The van der Waals surface area contributed by atoms with Crippen LogP contribution in [0.3, 0.4) is 0 Å². The fourth-order valence-electron chi connectivity index (χ4n) is 2.14. The Morgan fingerprint density at radius 2 is 1.96 bits per heavy atom. The molecule has 7 heteroatoms. The first kappa shape index (κ1) is 19.6. The Labute approximate surface area is 155 Å². The van der Waals surface area contributed by atoms with Gasteiger partial charge in [-0.3, -0.25) is 19.8 Å². The fourth-order valence-corrected chi connectivity index (χ4v) is 2.14. The molecule has 138 valence electrons.